The second-order valence-electron chi connectivity index (χ2n) is 8.26. The third-order valence-corrected chi connectivity index (χ3v) is 9.09. The van der Waals surface area contributed by atoms with Crippen molar-refractivity contribution in [1.82, 2.24) is 14.5 Å². The first-order valence-electron chi connectivity index (χ1n) is 10.6. The van der Waals surface area contributed by atoms with E-state index in [2.05, 4.69) is 15.5 Å². The Balaban J connectivity index is 1.42. The molecule has 33 heavy (non-hydrogen) atoms. The number of hydrogen-bond donors (Lipinski definition) is 1. The fraction of sp³-hybridized carbons (Fsp3) is 0.348. The van der Waals surface area contributed by atoms with E-state index in [0.29, 0.717) is 35.8 Å². The molecule has 1 fully saturated rings. The summed E-state index contributed by atoms with van der Waals surface area (Å²) in [6.45, 7) is 6.44. The Morgan fingerprint density at radius 2 is 1.73 bits per heavy atom. The van der Waals surface area contributed by atoms with E-state index < -0.39 is 21.7 Å². The predicted octanol–water partition coefficient (Wildman–Crippen LogP) is 4.42. The van der Waals surface area contributed by atoms with E-state index in [0.717, 1.165) is 28.0 Å². The van der Waals surface area contributed by atoms with Gasteiger partial charge in [-0.15, -0.1) is 10.2 Å². The Hall–Kier alpha value is -2.69. The normalized spacial score (nSPS) is 15.5. The van der Waals surface area contributed by atoms with Gasteiger partial charge in [-0.05, 0) is 68.5 Å². The summed E-state index contributed by atoms with van der Waals surface area (Å²) in [5, 5.41) is 11.5. The van der Waals surface area contributed by atoms with E-state index >= 15 is 0 Å². The Kier molecular flexibility index (Phi) is 6.60. The topological polar surface area (TPSA) is 92.3 Å². The molecular weight excluding hydrogens is 463 g/mol. The number of benzene rings is 2. The van der Waals surface area contributed by atoms with Crippen LogP contribution in [-0.4, -0.2) is 41.9 Å². The summed E-state index contributed by atoms with van der Waals surface area (Å²) >= 11 is 1.16. The predicted molar refractivity (Wildman–Crippen MR) is 126 cm³/mol. The van der Waals surface area contributed by atoms with Crippen molar-refractivity contribution in [2.75, 3.05) is 18.4 Å². The number of hydrogen-bond acceptors (Lipinski definition) is 6. The third kappa shape index (κ3) is 4.83. The summed E-state index contributed by atoms with van der Waals surface area (Å²) in [6.07, 6.45) is 1.18. The molecule has 0 saturated carbocycles. The fourth-order valence-corrected chi connectivity index (χ4v) is 6.59. The standard InChI is InChI=1S/C23H25FN4O3S2/c1-14-12-16(3)20(13-15(14)2)33(30,31)28-10-8-17(9-11-28)22-26-27-23(32-22)21(29)25-19-7-5-4-6-18(19)24/h4-7,12-13,17H,8-11H2,1-3H3,(H,25,29). The van der Waals surface area contributed by atoms with Crippen LogP contribution in [0.5, 0.6) is 0 Å². The molecule has 10 heteroatoms. The van der Waals surface area contributed by atoms with Gasteiger partial charge in [0.2, 0.25) is 15.0 Å². The summed E-state index contributed by atoms with van der Waals surface area (Å²) in [7, 11) is -3.58. The van der Waals surface area contributed by atoms with Gasteiger partial charge in [0.05, 0.1) is 10.6 Å². The molecule has 0 radical (unpaired) electrons. The summed E-state index contributed by atoms with van der Waals surface area (Å²) in [4.78, 5) is 12.8. The summed E-state index contributed by atoms with van der Waals surface area (Å²) in [6, 6.07) is 9.57. The molecular formula is C23H25FN4O3S2. The highest BCUT2D eigenvalue weighted by Crippen LogP contribution is 2.33. The van der Waals surface area contributed by atoms with Crippen LogP contribution >= 0.6 is 11.3 Å². The number of piperidine rings is 1. The zero-order chi connectivity index (χ0) is 23.8. The Morgan fingerprint density at radius 1 is 1.06 bits per heavy atom. The number of nitrogens with zero attached hydrogens (tertiary/aromatic N) is 3. The lowest BCUT2D eigenvalue weighted by Crippen LogP contribution is -2.38. The van der Waals surface area contributed by atoms with Gasteiger partial charge >= 0.3 is 0 Å². The van der Waals surface area contributed by atoms with E-state index in [1.54, 1.807) is 18.2 Å². The lowest BCUT2D eigenvalue weighted by Gasteiger charge is -2.30. The van der Waals surface area contributed by atoms with E-state index in [4.69, 9.17) is 0 Å². The molecule has 1 aliphatic rings. The Bertz CT molecular complexity index is 1300. The van der Waals surface area contributed by atoms with Crippen LogP contribution in [0.25, 0.3) is 0 Å². The molecule has 0 bridgehead atoms. The number of aromatic nitrogens is 2. The van der Waals surface area contributed by atoms with Crippen molar-refractivity contribution in [2.24, 2.45) is 0 Å². The van der Waals surface area contributed by atoms with Gasteiger partial charge in [-0.1, -0.05) is 29.5 Å². The Morgan fingerprint density at radius 3 is 2.42 bits per heavy atom. The highest BCUT2D eigenvalue weighted by molar-refractivity contribution is 7.89. The molecule has 1 aliphatic heterocycles. The van der Waals surface area contributed by atoms with Gasteiger partial charge in [0.1, 0.15) is 10.8 Å². The molecule has 0 spiro atoms. The number of halogens is 1. The summed E-state index contributed by atoms with van der Waals surface area (Å²) in [5.41, 5.74) is 2.84. The maximum Gasteiger partial charge on any atom is 0.286 e. The molecule has 1 saturated heterocycles. The van der Waals surface area contributed by atoms with E-state index in [1.807, 2.05) is 26.8 Å². The van der Waals surface area contributed by atoms with E-state index in [9.17, 15) is 17.6 Å². The van der Waals surface area contributed by atoms with Gasteiger partial charge in [-0.3, -0.25) is 4.79 Å². The van der Waals surface area contributed by atoms with Crippen molar-refractivity contribution in [2.45, 2.75) is 44.4 Å². The number of nitrogens with one attached hydrogen (secondary N) is 1. The van der Waals surface area contributed by atoms with Crippen molar-refractivity contribution in [1.29, 1.82) is 0 Å². The minimum Gasteiger partial charge on any atom is -0.317 e. The molecule has 0 unspecified atom stereocenters. The van der Waals surface area contributed by atoms with Crippen LogP contribution in [0.1, 0.15) is 50.3 Å². The number of carbonyl (C=O) groups is 1. The minimum absolute atomic E-state index is 0.0183. The van der Waals surface area contributed by atoms with Gasteiger partial charge in [0.25, 0.3) is 5.91 Å². The average Bonchev–Trinajstić information content (AvgIpc) is 3.28. The van der Waals surface area contributed by atoms with Gasteiger partial charge in [0, 0.05) is 19.0 Å². The number of carbonyl (C=O) groups excluding carboxylic acids is 1. The van der Waals surface area contributed by atoms with Crippen LogP contribution in [0.2, 0.25) is 0 Å². The number of amides is 1. The molecule has 4 rings (SSSR count). The summed E-state index contributed by atoms with van der Waals surface area (Å²) < 4.78 is 41.8. The van der Waals surface area contributed by atoms with E-state index in [-0.39, 0.29) is 16.6 Å². The molecule has 7 nitrogen and oxygen atoms in total. The first kappa shape index (κ1) is 23.5. The fourth-order valence-electron chi connectivity index (χ4n) is 3.92. The van der Waals surface area contributed by atoms with Crippen LogP contribution in [0.4, 0.5) is 10.1 Å². The molecule has 2 aromatic carbocycles. The maximum atomic E-state index is 13.8. The van der Waals surface area contributed by atoms with Crippen molar-refractivity contribution >= 4 is 33.0 Å². The second kappa shape index (κ2) is 9.28. The molecule has 1 aromatic heterocycles. The summed E-state index contributed by atoms with van der Waals surface area (Å²) in [5.74, 6) is -1.03. The van der Waals surface area contributed by atoms with Crippen LogP contribution in [0.15, 0.2) is 41.3 Å². The smallest absolute Gasteiger partial charge is 0.286 e. The number of anilines is 1. The van der Waals surface area contributed by atoms with Gasteiger partial charge in [-0.2, -0.15) is 4.31 Å². The van der Waals surface area contributed by atoms with Crippen molar-refractivity contribution in [3.8, 4) is 0 Å². The SMILES string of the molecule is Cc1cc(C)c(S(=O)(=O)N2CCC(c3nnc(C(=O)Nc4ccccc4F)s3)CC2)cc1C. The maximum absolute atomic E-state index is 13.8. The first-order chi connectivity index (χ1) is 15.7. The van der Waals surface area contributed by atoms with Gasteiger partial charge in [0.15, 0.2) is 0 Å². The zero-order valence-electron chi connectivity index (χ0n) is 18.6. The highest BCUT2D eigenvalue weighted by Gasteiger charge is 2.32. The van der Waals surface area contributed by atoms with Gasteiger partial charge < -0.3 is 5.32 Å². The quantitative estimate of drug-likeness (QED) is 0.574. The zero-order valence-corrected chi connectivity index (χ0v) is 20.3. The molecule has 1 amide bonds. The molecule has 1 N–H and O–H groups in total. The van der Waals surface area contributed by atoms with Crippen LogP contribution in [0.3, 0.4) is 0 Å². The largest absolute Gasteiger partial charge is 0.317 e. The molecule has 0 aliphatic carbocycles. The van der Waals surface area contributed by atoms with E-state index in [1.165, 1.54) is 16.4 Å². The minimum atomic E-state index is -3.58. The average molecular weight is 489 g/mol. The Labute approximate surface area is 196 Å². The number of aryl methyl sites for hydroxylation is 3. The van der Waals surface area contributed by atoms with Gasteiger partial charge in [-0.25, -0.2) is 12.8 Å². The first-order valence-corrected chi connectivity index (χ1v) is 12.9. The van der Waals surface area contributed by atoms with Crippen molar-refractivity contribution < 1.29 is 17.6 Å². The van der Waals surface area contributed by atoms with Crippen LogP contribution in [-0.2, 0) is 10.0 Å². The molecule has 174 valence electrons. The van der Waals surface area contributed by atoms with Crippen LogP contribution < -0.4 is 5.32 Å². The number of sulfonamides is 1. The molecule has 0 atom stereocenters. The number of para-hydroxylation sites is 1. The van der Waals surface area contributed by atoms with Crippen LogP contribution in [0, 0.1) is 26.6 Å². The second-order valence-corrected chi connectivity index (χ2v) is 11.2. The third-order valence-electron chi connectivity index (χ3n) is 5.97. The molecule has 2 heterocycles. The lowest BCUT2D eigenvalue weighted by molar-refractivity contribution is 0.102. The molecule has 3 aromatic rings. The van der Waals surface area contributed by atoms with Crippen molar-refractivity contribution in [3.05, 3.63) is 68.9 Å². The number of rotatable bonds is 5. The lowest BCUT2D eigenvalue weighted by atomic mass is 9.99. The van der Waals surface area contributed by atoms with Crippen molar-refractivity contribution in [3.63, 3.8) is 0 Å². The monoisotopic (exact) mass is 488 g/mol. The highest BCUT2D eigenvalue weighted by atomic mass is 32.2.